The lowest BCUT2D eigenvalue weighted by Gasteiger charge is -2.15. The van der Waals surface area contributed by atoms with E-state index in [2.05, 4.69) is 25.6 Å². The molecule has 1 saturated carbocycles. The number of pyridine rings is 1. The Bertz CT molecular complexity index is 1390. The quantitative estimate of drug-likeness (QED) is 0.251. The van der Waals surface area contributed by atoms with Gasteiger partial charge in [0.05, 0.1) is 40.2 Å². The van der Waals surface area contributed by atoms with Gasteiger partial charge in [0.2, 0.25) is 5.91 Å². The van der Waals surface area contributed by atoms with Crippen LogP contribution in [0.3, 0.4) is 0 Å². The zero-order chi connectivity index (χ0) is 25.7. The van der Waals surface area contributed by atoms with Gasteiger partial charge in [-0.1, -0.05) is 23.7 Å². The molecule has 0 unspecified atom stereocenters. The number of benzene rings is 2. The maximum Gasteiger partial charge on any atom is 0.228 e. The molecule has 2 aromatic carbocycles. The Hall–Kier alpha value is -3.95. The second-order valence-electron chi connectivity index (χ2n) is 8.80. The van der Waals surface area contributed by atoms with Crippen molar-refractivity contribution >= 4 is 39.9 Å². The summed E-state index contributed by atoms with van der Waals surface area (Å²) in [5.74, 6) is 1.55. The highest BCUT2D eigenvalue weighted by atomic mass is 35.5. The summed E-state index contributed by atoms with van der Waals surface area (Å²) in [7, 11) is 0. The smallest absolute Gasteiger partial charge is 0.228 e. The molecule has 1 fully saturated rings. The van der Waals surface area contributed by atoms with Crippen molar-refractivity contribution in [3.63, 3.8) is 0 Å². The molecule has 37 heavy (non-hydrogen) atoms. The van der Waals surface area contributed by atoms with Crippen molar-refractivity contribution in [3.8, 4) is 11.5 Å². The fraction of sp³-hybridized carbons (Fsp3) is 0.259. The van der Waals surface area contributed by atoms with E-state index in [1.54, 1.807) is 18.3 Å². The van der Waals surface area contributed by atoms with Gasteiger partial charge in [-0.05, 0) is 55.3 Å². The molecule has 1 aliphatic carbocycles. The highest BCUT2D eigenvalue weighted by Gasteiger charge is 2.49. The molecule has 0 spiro atoms. The van der Waals surface area contributed by atoms with Crippen LogP contribution in [0.1, 0.15) is 18.5 Å². The summed E-state index contributed by atoms with van der Waals surface area (Å²) in [6.07, 6.45) is 4.62. The van der Waals surface area contributed by atoms with Gasteiger partial charge in [-0.25, -0.2) is 9.97 Å². The molecule has 0 bridgehead atoms. The number of amides is 1. The molecule has 10 heteroatoms. The van der Waals surface area contributed by atoms with Gasteiger partial charge < -0.3 is 25.2 Å². The molecular weight excluding hydrogens is 494 g/mol. The Kier molecular flexibility index (Phi) is 7.34. The largest absolute Gasteiger partial charge is 0.491 e. The highest BCUT2D eigenvalue weighted by Crippen LogP contribution is 2.45. The third kappa shape index (κ3) is 5.73. The van der Waals surface area contributed by atoms with Crippen LogP contribution in [0.2, 0.25) is 5.02 Å². The number of nitrogens with zero attached hydrogens (tertiary/aromatic N) is 3. The van der Waals surface area contributed by atoms with Gasteiger partial charge in [-0.2, -0.15) is 0 Å². The second-order valence-corrected chi connectivity index (χ2v) is 9.20. The van der Waals surface area contributed by atoms with E-state index in [4.69, 9.17) is 21.1 Å². The van der Waals surface area contributed by atoms with Crippen molar-refractivity contribution in [3.05, 3.63) is 77.8 Å². The summed E-state index contributed by atoms with van der Waals surface area (Å²) in [4.78, 5) is 25.2. The van der Waals surface area contributed by atoms with Gasteiger partial charge in [0.15, 0.2) is 0 Å². The molecule has 0 aliphatic heterocycles. The molecule has 1 amide bonds. The number of aliphatic hydroxyl groups is 1. The van der Waals surface area contributed by atoms with Crippen LogP contribution in [0.5, 0.6) is 11.5 Å². The van der Waals surface area contributed by atoms with Crippen LogP contribution in [0.15, 0.2) is 67.1 Å². The second kappa shape index (κ2) is 11.0. The molecule has 0 saturated heterocycles. The van der Waals surface area contributed by atoms with E-state index in [1.807, 2.05) is 42.5 Å². The minimum absolute atomic E-state index is 0.128. The minimum Gasteiger partial charge on any atom is -0.491 e. The van der Waals surface area contributed by atoms with Crippen LogP contribution in [0, 0.1) is 5.41 Å². The number of carbonyl (C=O) groups excluding carboxylic acids is 1. The zero-order valence-electron chi connectivity index (χ0n) is 20.0. The SMILES string of the molecule is O=C(NCCOc1cccc2ncnc(Nc3ccc(OCc4ccccn4)c(Cl)c3)c12)C1(CO)CC1. The van der Waals surface area contributed by atoms with Gasteiger partial charge in [0, 0.05) is 11.9 Å². The molecule has 0 radical (unpaired) electrons. The number of aliphatic hydroxyl groups excluding tert-OH is 1. The first-order valence-corrected chi connectivity index (χ1v) is 12.3. The van der Waals surface area contributed by atoms with Crippen LogP contribution >= 0.6 is 11.6 Å². The van der Waals surface area contributed by atoms with E-state index >= 15 is 0 Å². The van der Waals surface area contributed by atoms with Crippen molar-refractivity contribution in [2.45, 2.75) is 19.4 Å². The van der Waals surface area contributed by atoms with Gasteiger partial charge in [-0.15, -0.1) is 0 Å². The number of hydrogen-bond donors (Lipinski definition) is 3. The topological polar surface area (TPSA) is 118 Å². The average Bonchev–Trinajstić information content (AvgIpc) is 3.73. The number of nitrogens with one attached hydrogen (secondary N) is 2. The fourth-order valence-corrected chi connectivity index (χ4v) is 4.12. The minimum atomic E-state index is -0.606. The van der Waals surface area contributed by atoms with Crippen LogP contribution in [0.25, 0.3) is 10.9 Å². The fourth-order valence-electron chi connectivity index (χ4n) is 3.88. The molecule has 0 atom stereocenters. The number of aromatic nitrogens is 3. The van der Waals surface area contributed by atoms with E-state index in [9.17, 15) is 9.90 Å². The van der Waals surface area contributed by atoms with Crippen LogP contribution in [-0.4, -0.2) is 45.7 Å². The summed E-state index contributed by atoms with van der Waals surface area (Å²) in [6, 6.07) is 16.6. The Balaban J connectivity index is 1.26. The van der Waals surface area contributed by atoms with E-state index < -0.39 is 5.41 Å². The van der Waals surface area contributed by atoms with Crippen molar-refractivity contribution in [1.82, 2.24) is 20.3 Å². The third-order valence-corrected chi connectivity index (χ3v) is 6.50. The molecule has 190 valence electrons. The van der Waals surface area contributed by atoms with Gasteiger partial charge in [0.25, 0.3) is 0 Å². The predicted octanol–water partition coefficient (Wildman–Crippen LogP) is 4.27. The van der Waals surface area contributed by atoms with Crippen LogP contribution < -0.4 is 20.1 Å². The molecule has 2 heterocycles. The van der Waals surface area contributed by atoms with Gasteiger partial charge >= 0.3 is 0 Å². The Morgan fingerprint density at radius 3 is 2.68 bits per heavy atom. The van der Waals surface area contributed by atoms with Crippen LogP contribution in [-0.2, 0) is 11.4 Å². The predicted molar refractivity (Wildman–Crippen MR) is 140 cm³/mol. The van der Waals surface area contributed by atoms with Gasteiger partial charge in [0.1, 0.15) is 36.9 Å². The van der Waals surface area contributed by atoms with Gasteiger partial charge in [-0.3, -0.25) is 9.78 Å². The lowest BCUT2D eigenvalue weighted by atomic mass is 10.1. The summed E-state index contributed by atoms with van der Waals surface area (Å²) in [6.45, 7) is 0.764. The lowest BCUT2D eigenvalue weighted by molar-refractivity contribution is -0.127. The molecule has 9 nitrogen and oxygen atoms in total. The Labute approximate surface area is 218 Å². The maximum atomic E-state index is 12.2. The number of carbonyl (C=O) groups is 1. The summed E-state index contributed by atoms with van der Waals surface area (Å²) < 4.78 is 11.8. The standard InChI is InChI=1S/C27H26ClN5O4/c28-20-14-18(7-8-22(20)37-15-19-4-1-2-11-29-19)33-25-24-21(31-17-32-25)5-3-6-23(24)36-13-12-30-26(35)27(16-34)9-10-27/h1-8,11,14,17,34H,9-10,12-13,15-16H2,(H,30,35)(H,31,32,33). The van der Waals surface area contributed by atoms with E-state index in [-0.39, 0.29) is 19.1 Å². The number of rotatable bonds is 11. The Morgan fingerprint density at radius 2 is 1.92 bits per heavy atom. The van der Waals surface area contributed by atoms with Crippen molar-refractivity contribution in [2.24, 2.45) is 5.41 Å². The maximum absolute atomic E-state index is 12.2. The number of halogens is 1. The first kappa shape index (κ1) is 24.7. The zero-order valence-corrected chi connectivity index (χ0v) is 20.7. The summed E-state index contributed by atoms with van der Waals surface area (Å²) in [5.41, 5.74) is 1.62. The molecule has 5 rings (SSSR count). The van der Waals surface area contributed by atoms with E-state index in [1.165, 1.54) is 6.33 Å². The molecule has 1 aliphatic rings. The first-order valence-electron chi connectivity index (χ1n) is 11.9. The molecule has 2 aromatic heterocycles. The van der Waals surface area contributed by atoms with Crippen molar-refractivity contribution < 1.29 is 19.4 Å². The average molecular weight is 520 g/mol. The highest BCUT2D eigenvalue weighted by molar-refractivity contribution is 6.32. The van der Waals surface area contributed by atoms with E-state index in [0.29, 0.717) is 59.2 Å². The first-order chi connectivity index (χ1) is 18.1. The lowest BCUT2D eigenvalue weighted by Crippen LogP contribution is -2.36. The molecule has 3 N–H and O–H groups in total. The number of anilines is 2. The van der Waals surface area contributed by atoms with Crippen LogP contribution in [0.4, 0.5) is 11.5 Å². The van der Waals surface area contributed by atoms with Crippen molar-refractivity contribution in [2.75, 3.05) is 25.1 Å². The van der Waals surface area contributed by atoms with E-state index in [0.717, 1.165) is 11.4 Å². The summed E-state index contributed by atoms with van der Waals surface area (Å²) in [5, 5.41) is 16.7. The number of ether oxygens (including phenoxy) is 2. The van der Waals surface area contributed by atoms with Crippen molar-refractivity contribution in [1.29, 1.82) is 0 Å². The summed E-state index contributed by atoms with van der Waals surface area (Å²) >= 11 is 6.48. The molecule has 4 aromatic rings. The third-order valence-electron chi connectivity index (χ3n) is 6.20. The normalized spacial score (nSPS) is 13.7. The Morgan fingerprint density at radius 1 is 1.03 bits per heavy atom. The number of fused-ring (bicyclic) bond motifs is 1. The number of hydrogen-bond acceptors (Lipinski definition) is 8. The molecular formula is C27H26ClN5O4. The monoisotopic (exact) mass is 519 g/mol.